The molecule has 154 valence electrons. The van der Waals surface area contributed by atoms with Crippen LogP contribution in [-0.4, -0.2) is 21.2 Å². The zero-order valence-corrected chi connectivity index (χ0v) is 16.6. The summed E-state index contributed by atoms with van der Waals surface area (Å²) in [5, 5.41) is 4.03. The number of halogens is 2. The van der Waals surface area contributed by atoms with Crippen molar-refractivity contribution in [2.24, 2.45) is 0 Å². The number of nitrogens with zero attached hydrogens (tertiary/aromatic N) is 3. The van der Waals surface area contributed by atoms with Crippen LogP contribution in [0.4, 0.5) is 14.7 Å². The highest BCUT2D eigenvalue weighted by molar-refractivity contribution is 5.70. The van der Waals surface area contributed by atoms with E-state index in [4.69, 9.17) is 10.5 Å². The van der Waals surface area contributed by atoms with Gasteiger partial charge in [-0.05, 0) is 67.1 Å². The molecule has 0 radical (unpaired) electrons. The fourth-order valence-electron chi connectivity index (χ4n) is 3.38. The molecule has 0 atom stereocenters. The first-order valence-electron chi connectivity index (χ1n) is 9.80. The minimum absolute atomic E-state index is 0.168. The van der Waals surface area contributed by atoms with E-state index in [2.05, 4.69) is 10.1 Å². The number of rotatable bonds is 7. The summed E-state index contributed by atoms with van der Waals surface area (Å²) in [7, 11) is 0. The third kappa shape index (κ3) is 4.25. The van der Waals surface area contributed by atoms with Gasteiger partial charge in [-0.3, -0.25) is 0 Å². The third-order valence-corrected chi connectivity index (χ3v) is 4.98. The number of aryl methyl sites for hydroxylation is 2. The Labute approximate surface area is 173 Å². The van der Waals surface area contributed by atoms with Crippen molar-refractivity contribution in [1.29, 1.82) is 0 Å². The molecule has 0 amide bonds. The van der Waals surface area contributed by atoms with Crippen LogP contribution in [0.3, 0.4) is 0 Å². The fourth-order valence-corrected chi connectivity index (χ4v) is 3.38. The van der Waals surface area contributed by atoms with Gasteiger partial charge in [-0.1, -0.05) is 24.3 Å². The van der Waals surface area contributed by atoms with Crippen LogP contribution in [0.1, 0.15) is 24.0 Å². The van der Waals surface area contributed by atoms with E-state index in [1.807, 2.05) is 13.0 Å². The van der Waals surface area contributed by atoms with Gasteiger partial charge in [0.15, 0.2) is 17.2 Å². The molecule has 2 aromatic heterocycles. The Hall–Kier alpha value is -3.48. The SMILES string of the molecule is Cc1ccc(-c2ccn3nc(N)nc3c2)c(F)c1OCCCCc1ccc(F)cc1. The van der Waals surface area contributed by atoms with Gasteiger partial charge in [0.25, 0.3) is 0 Å². The van der Waals surface area contributed by atoms with Crippen molar-refractivity contribution in [2.45, 2.75) is 26.2 Å². The Morgan fingerprint density at radius 2 is 1.83 bits per heavy atom. The van der Waals surface area contributed by atoms with Gasteiger partial charge in [-0.25, -0.2) is 13.3 Å². The summed E-state index contributed by atoms with van der Waals surface area (Å²) >= 11 is 0. The Balaban J connectivity index is 1.43. The second kappa shape index (κ2) is 8.49. The first kappa shape index (κ1) is 19.8. The molecule has 4 aromatic rings. The summed E-state index contributed by atoms with van der Waals surface area (Å²) in [6.45, 7) is 2.23. The van der Waals surface area contributed by atoms with Gasteiger partial charge in [-0.2, -0.15) is 4.98 Å². The van der Waals surface area contributed by atoms with Gasteiger partial charge in [0.2, 0.25) is 5.95 Å². The Kier molecular flexibility index (Phi) is 5.61. The number of nitrogens with two attached hydrogens (primary N) is 1. The van der Waals surface area contributed by atoms with Crippen molar-refractivity contribution in [2.75, 3.05) is 12.3 Å². The van der Waals surface area contributed by atoms with Gasteiger partial charge in [0.1, 0.15) is 5.82 Å². The van der Waals surface area contributed by atoms with Crippen molar-refractivity contribution >= 4 is 11.6 Å². The maximum Gasteiger partial charge on any atom is 0.240 e. The van der Waals surface area contributed by atoms with Crippen LogP contribution in [0.5, 0.6) is 5.75 Å². The number of hydrogen-bond acceptors (Lipinski definition) is 4. The number of aromatic nitrogens is 3. The molecule has 0 fully saturated rings. The molecule has 0 spiro atoms. The Bertz CT molecular complexity index is 1170. The largest absolute Gasteiger partial charge is 0.490 e. The average molecular weight is 408 g/mol. The molecule has 0 saturated carbocycles. The van der Waals surface area contributed by atoms with E-state index < -0.39 is 5.82 Å². The maximum absolute atomic E-state index is 15.2. The smallest absolute Gasteiger partial charge is 0.240 e. The lowest BCUT2D eigenvalue weighted by Crippen LogP contribution is -2.03. The van der Waals surface area contributed by atoms with Gasteiger partial charge in [0, 0.05) is 11.8 Å². The normalized spacial score (nSPS) is 11.2. The van der Waals surface area contributed by atoms with Gasteiger partial charge in [-0.15, -0.1) is 5.10 Å². The van der Waals surface area contributed by atoms with Crippen LogP contribution in [0.25, 0.3) is 16.8 Å². The number of nitrogen functional groups attached to an aromatic ring is 1. The Morgan fingerprint density at radius 3 is 2.63 bits per heavy atom. The second-order valence-corrected chi connectivity index (χ2v) is 7.19. The van der Waals surface area contributed by atoms with Crippen molar-refractivity contribution in [3.05, 3.63) is 77.5 Å². The van der Waals surface area contributed by atoms with Gasteiger partial charge < -0.3 is 10.5 Å². The predicted molar refractivity (Wildman–Crippen MR) is 112 cm³/mol. The van der Waals surface area contributed by atoms with Crippen molar-refractivity contribution in [3.8, 4) is 16.9 Å². The number of pyridine rings is 1. The number of ether oxygens (including phenoxy) is 1. The summed E-state index contributed by atoms with van der Waals surface area (Å²) in [6.07, 6.45) is 4.17. The molecule has 0 saturated heterocycles. The third-order valence-electron chi connectivity index (χ3n) is 4.98. The van der Waals surface area contributed by atoms with Crippen LogP contribution in [0.15, 0.2) is 54.7 Å². The van der Waals surface area contributed by atoms with Gasteiger partial charge >= 0.3 is 0 Å². The minimum atomic E-state index is -0.398. The number of benzene rings is 2. The van der Waals surface area contributed by atoms with Crippen LogP contribution in [0, 0.1) is 18.6 Å². The lowest BCUT2D eigenvalue weighted by Gasteiger charge is -2.13. The highest BCUT2D eigenvalue weighted by Crippen LogP contribution is 2.32. The molecule has 2 N–H and O–H groups in total. The molecule has 0 aliphatic carbocycles. The zero-order chi connectivity index (χ0) is 21.1. The summed E-state index contributed by atoms with van der Waals surface area (Å²) in [5.74, 6) is -0.207. The first-order chi connectivity index (χ1) is 14.5. The van der Waals surface area contributed by atoms with E-state index in [0.717, 1.165) is 30.4 Å². The average Bonchev–Trinajstić information content (AvgIpc) is 3.10. The molecular weight excluding hydrogens is 386 g/mol. The number of anilines is 1. The van der Waals surface area contributed by atoms with Crippen LogP contribution in [-0.2, 0) is 6.42 Å². The molecule has 0 aliphatic rings. The van der Waals surface area contributed by atoms with Crippen molar-refractivity contribution in [3.63, 3.8) is 0 Å². The Morgan fingerprint density at radius 1 is 1.03 bits per heavy atom. The summed E-state index contributed by atoms with van der Waals surface area (Å²) in [4.78, 5) is 4.12. The van der Waals surface area contributed by atoms with Crippen LogP contribution >= 0.6 is 0 Å². The van der Waals surface area contributed by atoms with Crippen molar-refractivity contribution in [1.82, 2.24) is 14.6 Å². The van der Waals surface area contributed by atoms with E-state index in [1.165, 1.54) is 12.1 Å². The van der Waals surface area contributed by atoms with E-state index in [9.17, 15) is 4.39 Å². The summed E-state index contributed by atoms with van der Waals surface area (Å²) < 4.78 is 35.5. The quantitative estimate of drug-likeness (QED) is 0.439. The number of fused-ring (bicyclic) bond motifs is 1. The molecule has 0 unspecified atom stereocenters. The highest BCUT2D eigenvalue weighted by atomic mass is 19.1. The second-order valence-electron chi connectivity index (χ2n) is 7.19. The predicted octanol–water partition coefficient (Wildman–Crippen LogP) is 4.97. The molecule has 2 heterocycles. The van der Waals surface area contributed by atoms with E-state index >= 15 is 4.39 Å². The monoisotopic (exact) mass is 408 g/mol. The molecule has 2 aromatic carbocycles. The molecule has 5 nitrogen and oxygen atoms in total. The molecule has 4 rings (SSSR count). The standard InChI is InChI=1S/C23H22F2N4O/c1-15-5-10-19(17-11-12-29-20(14-17)27-23(26)28-29)21(25)22(15)30-13-3-2-4-16-6-8-18(24)9-7-16/h5-12,14H,2-4,13H2,1H3,(H2,26,28). The molecule has 0 bridgehead atoms. The molecule has 7 heteroatoms. The first-order valence-corrected chi connectivity index (χ1v) is 9.80. The topological polar surface area (TPSA) is 65.4 Å². The minimum Gasteiger partial charge on any atom is -0.490 e. The van der Waals surface area contributed by atoms with Gasteiger partial charge in [0.05, 0.1) is 6.61 Å². The van der Waals surface area contributed by atoms with Crippen molar-refractivity contribution < 1.29 is 13.5 Å². The van der Waals surface area contributed by atoms with Crippen LogP contribution < -0.4 is 10.5 Å². The molecule has 0 aliphatic heterocycles. The van der Waals surface area contributed by atoms with Crippen LogP contribution in [0.2, 0.25) is 0 Å². The lowest BCUT2D eigenvalue weighted by atomic mass is 10.0. The summed E-state index contributed by atoms with van der Waals surface area (Å²) in [6, 6.07) is 13.6. The van der Waals surface area contributed by atoms with E-state index in [1.54, 1.807) is 41.0 Å². The number of unbranched alkanes of at least 4 members (excludes halogenated alkanes) is 1. The maximum atomic E-state index is 15.2. The number of hydrogen-bond donors (Lipinski definition) is 1. The zero-order valence-electron chi connectivity index (χ0n) is 16.6. The van der Waals surface area contributed by atoms with E-state index in [0.29, 0.717) is 23.4 Å². The fraction of sp³-hybridized carbons (Fsp3) is 0.217. The lowest BCUT2D eigenvalue weighted by molar-refractivity contribution is 0.290. The molecule has 30 heavy (non-hydrogen) atoms. The highest BCUT2D eigenvalue weighted by Gasteiger charge is 2.15. The molecular formula is C23H22F2N4O. The summed E-state index contributed by atoms with van der Waals surface area (Å²) in [5.41, 5.74) is 9.10. The van der Waals surface area contributed by atoms with E-state index in [-0.39, 0.29) is 17.5 Å².